The van der Waals surface area contributed by atoms with Gasteiger partial charge in [-0.15, -0.1) is 0 Å². The predicted octanol–water partition coefficient (Wildman–Crippen LogP) is 5.35. The van der Waals surface area contributed by atoms with E-state index >= 15 is 0 Å². The van der Waals surface area contributed by atoms with Crippen molar-refractivity contribution < 1.29 is 21.6 Å². The minimum Gasteiger partial charge on any atom is -0.348 e. The van der Waals surface area contributed by atoms with E-state index in [0.29, 0.717) is 29.8 Å². The summed E-state index contributed by atoms with van der Waals surface area (Å²) in [5, 5.41) is 4.53. The third kappa shape index (κ3) is 6.76. The Bertz CT molecular complexity index is 1680. The molecule has 1 saturated carbocycles. The van der Waals surface area contributed by atoms with Crippen molar-refractivity contribution in [3.63, 3.8) is 0 Å². The van der Waals surface area contributed by atoms with Crippen LogP contribution >= 0.6 is 0 Å². The van der Waals surface area contributed by atoms with Crippen LogP contribution in [0.1, 0.15) is 81.9 Å². The van der Waals surface area contributed by atoms with Crippen LogP contribution in [-0.4, -0.2) is 50.4 Å². The first-order chi connectivity index (χ1) is 19.7. The van der Waals surface area contributed by atoms with Crippen LogP contribution in [0.3, 0.4) is 0 Å². The molecule has 2 aliphatic rings. The summed E-state index contributed by atoms with van der Waals surface area (Å²) >= 11 is 0. The lowest BCUT2D eigenvalue weighted by Crippen LogP contribution is -2.41. The molecule has 2 aromatic carbocycles. The van der Waals surface area contributed by atoms with Gasteiger partial charge >= 0.3 is 0 Å². The number of amides is 1. The van der Waals surface area contributed by atoms with Crippen molar-refractivity contribution in [2.75, 3.05) is 11.5 Å². The van der Waals surface area contributed by atoms with Gasteiger partial charge in [0.2, 0.25) is 10.0 Å². The van der Waals surface area contributed by atoms with Crippen LogP contribution in [0.25, 0.3) is 21.9 Å². The first kappa shape index (κ1) is 30.8. The summed E-state index contributed by atoms with van der Waals surface area (Å²) in [6.45, 7) is 5.46. The van der Waals surface area contributed by atoms with E-state index in [1.165, 1.54) is 19.3 Å². The Morgan fingerprint density at radius 3 is 2.21 bits per heavy atom. The van der Waals surface area contributed by atoms with Crippen molar-refractivity contribution >= 4 is 36.5 Å². The van der Waals surface area contributed by atoms with Crippen LogP contribution in [0.4, 0.5) is 0 Å². The number of carbonyl (C=O) groups excluding carboxylic acids is 1. The highest BCUT2D eigenvalue weighted by atomic mass is 32.2. The number of aromatic nitrogens is 1. The van der Waals surface area contributed by atoms with Gasteiger partial charge in [-0.3, -0.25) is 4.79 Å². The fourth-order valence-corrected chi connectivity index (χ4v) is 9.62. The van der Waals surface area contributed by atoms with E-state index < -0.39 is 25.4 Å². The summed E-state index contributed by atoms with van der Waals surface area (Å²) in [5.41, 5.74) is 2.79. The number of benzene rings is 2. The lowest BCUT2D eigenvalue weighted by atomic mass is 9.84. The fourth-order valence-electron chi connectivity index (χ4n) is 6.50. The van der Waals surface area contributed by atoms with Crippen molar-refractivity contribution in [1.82, 2.24) is 14.6 Å². The number of rotatable bonds is 7. The average Bonchev–Trinajstić information content (AvgIpc) is 3.24. The van der Waals surface area contributed by atoms with Gasteiger partial charge in [-0.25, -0.2) is 21.6 Å². The van der Waals surface area contributed by atoms with Crippen LogP contribution < -0.4 is 10.0 Å². The topological polar surface area (TPSA) is 114 Å². The lowest BCUT2D eigenvalue weighted by Gasteiger charge is -2.24. The largest absolute Gasteiger partial charge is 0.348 e. The molecule has 10 heteroatoms. The maximum atomic E-state index is 13.6. The molecule has 1 amide bonds. The standard InChI is InChI=1S/C32H43N3O5S2/c1-32(2,3)34-42(39,40)30-15-14-25(24-12-8-9-13-26(24)30)27-21-29(31(36)33-23-16-18-41(37,38)19-17-23)35(4)28(27)20-22-10-6-5-7-11-22/h8-9,12-15,21-23,34H,5-7,10-11,16-20H2,1-4H3,(H,33,36). The molecule has 0 radical (unpaired) electrons. The van der Waals surface area contributed by atoms with Gasteiger partial charge in [0.05, 0.1) is 16.4 Å². The number of sulfone groups is 1. The Labute approximate surface area is 250 Å². The lowest BCUT2D eigenvalue weighted by molar-refractivity contribution is 0.0925. The fraction of sp³-hybridized carbons (Fsp3) is 0.531. The maximum absolute atomic E-state index is 13.6. The van der Waals surface area contributed by atoms with Crippen molar-refractivity contribution in [3.8, 4) is 11.1 Å². The van der Waals surface area contributed by atoms with Crippen molar-refractivity contribution in [2.24, 2.45) is 13.0 Å². The number of fused-ring (bicyclic) bond motifs is 1. The Kier molecular flexibility index (Phi) is 8.62. The van der Waals surface area contributed by atoms with Gasteiger partial charge in [0.25, 0.3) is 5.91 Å². The molecule has 5 rings (SSSR count). The van der Waals surface area contributed by atoms with Gasteiger partial charge in [0.15, 0.2) is 0 Å². The highest BCUT2D eigenvalue weighted by Gasteiger charge is 2.29. The smallest absolute Gasteiger partial charge is 0.268 e. The molecule has 228 valence electrons. The molecular weight excluding hydrogens is 571 g/mol. The molecule has 42 heavy (non-hydrogen) atoms. The zero-order valence-corrected chi connectivity index (χ0v) is 26.7. The quantitative estimate of drug-likeness (QED) is 0.373. The Hall–Kier alpha value is -2.69. The maximum Gasteiger partial charge on any atom is 0.268 e. The molecular formula is C32H43N3O5S2. The molecule has 1 aromatic heterocycles. The van der Waals surface area contributed by atoms with Crippen LogP contribution in [0, 0.1) is 5.92 Å². The SMILES string of the molecule is Cn1c(C(=O)NC2CCS(=O)(=O)CC2)cc(-c2ccc(S(=O)(=O)NC(C)(C)C)c3ccccc23)c1CC1CCCCC1. The van der Waals surface area contributed by atoms with E-state index in [9.17, 15) is 21.6 Å². The number of nitrogens with one attached hydrogen (secondary N) is 2. The van der Waals surface area contributed by atoms with E-state index in [1.807, 2.05) is 68.8 Å². The summed E-state index contributed by atoms with van der Waals surface area (Å²) in [4.78, 5) is 13.8. The second-order valence-electron chi connectivity index (χ2n) is 13.1. The zero-order valence-electron chi connectivity index (χ0n) is 25.1. The highest BCUT2D eigenvalue weighted by Crippen LogP contribution is 2.38. The van der Waals surface area contributed by atoms with Crippen LogP contribution in [0.15, 0.2) is 47.4 Å². The van der Waals surface area contributed by atoms with Gasteiger partial charge in [-0.05, 0) is 69.0 Å². The van der Waals surface area contributed by atoms with Crippen LogP contribution in [0.2, 0.25) is 0 Å². The zero-order chi connectivity index (χ0) is 30.3. The number of nitrogens with zero attached hydrogens (tertiary/aromatic N) is 1. The minimum absolute atomic E-state index is 0.0918. The molecule has 1 saturated heterocycles. The van der Waals surface area contributed by atoms with E-state index in [1.54, 1.807) is 6.07 Å². The van der Waals surface area contributed by atoms with Gasteiger partial charge in [0.1, 0.15) is 15.5 Å². The monoisotopic (exact) mass is 613 g/mol. The highest BCUT2D eigenvalue weighted by molar-refractivity contribution is 7.91. The van der Waals surface area contributed by atoms with E-state index in [2.05, 4.69) is 10.0 Å². The summed E-state index contributed by atoms with van der Waals surface area (Å²) in [5.74, 6) is 0.492. The van der Waals surface area contributed by atoms with Gasteiger partial charge in [-0.1, -0.05) is 62.4 Å². The number of sulfonamides is 1. The van der Waals surface area contributed by atoms with Crippen molar-refractivity contribution in [1.29, 1.82) is 0 Å². The molecule has 0 unspecified atom stereocenters. The van der Waals surface area contributed by atoms with Crippen molar-refractivity contribution in [3.05, 3.63) is 53.9 Å². The molecule has 0 atom stereocenters. The third-order valence-corrected chi connectivity index (χ3v) is 12.1. The van der Waals surface area contributed by atoms with Gasteiger partial charge in [-0.2, -0.15) is 0 Å². The number of carbonyl (C=O) groups is 1. The van der Waals surface area contributed by atoms with Crippen molar-refractivity contribution in [2.45, 2.75) is 88.6 Å². The molecule has 2 fully saturated rings. The summed E-state index contributed by atoms with van der Waals surface area (Å²) in [6, 6.07) is 12.8. The van der Waals surface area contributed by atoms with E-state index in [0.717, 1.165) is 41.5 Å². The van der Waals surface area contributed by atoms with Gasteiger partial charge in [0, 0.05) is 35.3 Å². The molecule has 3 aromatic rings. The normalized spacial score (nSPS) is 18.8. The Balaban J connectivity index is 1.58. The predicted molar refractivity (Wildman–Crippen MR) is 168 cm³/mol. The van der Waals surface area contributed by atoms with Crippen LogP contribution in [0.5, 0.6) is 0 Å². The second kappa shape index (κ2) is 11.8. The summed E-state index contributed by atoms with van der Waals surface area (Å²) < 4.78 is 55.4. The first-order valence-electron chi connectivity index (χ1n) is 15.0. The molecule has 2 heterocycles. The molecule has 0 spiro atoms. The minimum atomic E-state index is -3.78. The molecule has 1 aliphatic carbocycles. The third-order valence-electron chi connectivity index (χ3n) is 8.59. The summed E-state index contributed by atoms with van der Waals surface area (Å²) in [6.07, 6.45) is 7.65. The average molecular weight is 614 g/mol. The molecule has 8 nitrogen and oxygen atoms in total. The first-order valence-corrected chi connectivity index (χ1v) is 18.3. The number of hydrogen-bond acceptors (Lipinski definition) is 5. The molecule has 2 N–H and O–H groups in total. The Morgan fingerprint density at radius 1 is 0.929 bits per heavy atom. The molecule has 1 aliphatic heterocycles. The van der Waals surface area contributed by atoms with Crippen LogP contribution in [-0.2, 0) is 33.3 Å². The summed E-state index contributed by atoms with van der Waals surface area (Å²) in [7, 11) is -4.88. The van der Waals surface area contributed by atoms with Gasteiger partial charge < -0.3 is 9.88 Å². The van der Waals surface area contributed by atoms with E-state index in [4.69, 9.17) is 0 Å². The van der Waals surface area contributed by atoms with E-state index in [-0.39, 0.29) is 28.4 Å². The second-order valence-corrected chi connectivity index (χ2v) is 17.0. The Morgan fingerprint density at radius 2 is 1.57 bits per heavy atom. The number of hydrogen-bond donors (Lipinski definition) is 2. The molecule has 0 bridgehead atoms.